The number of aromatic nitrogens is 3. The van der Waals surface area contributed by atoms with Gasteiger partial charge in [0.15, 0.2) is 0 Å². The molecule has 0 radical (unpaired) electrons. The van der Waals surface area contributed by atoms with Gasteiger partial charge in [0, 0.05) is 0 Å². The third kappa shape index (κ3) is 1.13. The quantitative estimate of drug-likeness (QED) is 0.630. The largest absolute Gasteiger partial charge is 0.497 e. The van der Waals surface area contributed by atoms with E-state index in [1.165, 1.54) is 15.8 Å². The van der Waals surface area contributed by atoms with Gasteiger partial charge >= 0.3 is 0 Å². The molecule has 0 saturated carbocycles. The number of hydrogen-bond acceptors (Lipinski definition) is 4. The Labute approximate surface area is 90.1 Å². The van der Waals surface area contributed by atoms with Crippen LogP contribution in [-0.2, 0) is 0 Å². The summed E-state index contributed by atoms with van der Waals surface area (Å²) in [4.78, 5) is 0.918. The number of rotatable bonds is 1. The highest BCUT2D eigenvalue weighted by molar-refractivity contribution is 7.23. The number of thiazole rings is 1. The first kappa shape index (κ1) is 8.67. The number of aryl methyl sites for hydroxylation is 1. The van der Waals surface area contributed by atoms with Gasteiger partial charge in [-0.15, -0.1) is 10.2 Å². The van der Waals surface area contributed by atoms with Crippen LogP contribution in [0.3, 0.4) is 0 Å². The molecule has 2 heterocycles. The molecule has 0 N–H and O–H groups in total. The Bertz CT molecular complexity index is 640. The van der Waals surface area contributed by atoms with E-state index in [-0.39, 0.29) is 0 Å². The summed E-state index contributed by atoms with van der Waals surface area (Å²) in [6.07, 6.45) is 1.74. The molecule has 0 saturated heterocycles. The van der Waals surface area contributed by atoms with Gasteiger partial charge in [-0.1, -0.05) is 11.3 Å². The molecule has 1 aromatic carbocycles. The van der Waals surface area contributed by atoms with E-state index in [0.717, 1.165) is 10.7 Å². The number of fused-ring (bicyclic) bond motifs is 3. The van der Waals surface area contributed by atoms with E-state index < -0.39 is 0 Å². The average Bonchev–Trinajstić information content (AvgIpc) is 2.75. The van der Waals surface area contributed by atoms with Crippen LogP contribution >= 0.6 is 11.3 Å². The van der Waals surface area contributed by atoms with E-state index in [1.54, 1.807) is 24.8 Å². The Morgan fingerprint density at radius 2 is 2.27 bits per heavy atom. The highest BCUT2D eigenvalue weighted by Gasteiger charge is 2.09. The molecule has 76 valence electrons. The maximum Gasteiger partial charge on any atom is 0.217 e. The van der Waals surface area contributed by atoms with Crippen LogP contribution in [0.15, 0.2) is 18.5 Å². The monoisotopic (exact) mass is 219 g/mol. The normalized spacial score (nSPS) is 11.3. The molecule has 0 fully saturated rings. The molecule has 3 rings (SSSR count). The van der Waals surface area contributed by atoms with Crippen molar-refractivity contribution in [1.82, 2.24) is 14.6 Å². The summed E-state index contributed by atoms with van der Waals surface area (Å²) < 4.78 is 8.42. The van der Waals surface area contributed by atoms with Gasteiger partial charge in [-0.3, -0.25) is 4.40 Å². The molecule has 0 spiro atoms. The van der Waals surface area contributed by atoms with Gasteiger partial charge in [0.05, 0.1) is 17.3 Å². The van der Waals surface area contributed by atoms with Crippen molar-refractivity contribution < 1.29 is 4.74 Å². The Hall–Kier alpha value is -1.62. The Morgan fingerprint density at radius 1 is 1.40 bits per heavy atom. The van der Waals surface area contributed by atoms with Crippen LogP contribution in [0.5, 0.6) is 5.75 Å². The topological polar surface area (TPSA) is 39.4 Å². The smallest absolute Gasteiger partial charge is 0.217 e. The Morgan fingerprint density at radius 3 is 3.07 bits per heavy atom. The molecule has 4 nitrogen and oxygen atoms in total. The second-order valence-corrected chi connectivity index (χ2v) is 4.39. The molecular weight excluding hydrogens is 210 g/mol. The van der Waals surface area contributed by atoms with E-state index in [9.17, 15) is 0 Å². The minimum atomic E-state index is 0.887. The highest BCUT2D eigenvalue weighted by atomic mass is 32.1. The molecule has 0 aliphatic carbocycles. The van der Waals surface area contributed by atoms with Crippen molar-refractivity contribution >= 4 is 26.5 Å². The zero-order valence-corrected chi connectivity index (χ0v) is 9.21. The minimum absolute atomic E-state index is 0.887. The van der Waals surface area contributed by atoms with E-state index in [4.69, 9.17) is 4.74 Å². The van der Waals surface area contributed by atoms with Crippen molar-refractivity contribution in [3.63, 3.8) is 0 Å². The third-order valence-corrected chi connectivity index (χ3v) is 3.43. The molecule has 5 heteroatoms. The number of benzene rings is 1. The van der Waals surface area contributed by atoms with Gasteiger partial charge in [-0.25, -0.2) is 0 Å². The highest BCUT2D eigenvalue weighted by Crippen LogP contribution is 2.31. The summed E-state index contributed by atoms with van der Waals surface area (Å²) in [6.45, 7) is 2.07. The summed E-state index contributed by atoms with van der Waals surface area (Å²) in [5.41, 5.74) is 2.34. The second-order valence-electron chi connectivity index (χ2n) is 3.38. The van der Waals surface area contributed by atoms with Crippen molar-refractivity contribution in [3.05, 3.63) is 24.0 Å². The minimum Gasteiger partial charge on any atom is -0.497 e. The lowest BCUT2D eigenvalue weighted by Crippen LogP contribution is -1.86. The van der Waals surface area contributed by atoms with Crippen LogP contribution in [0.4, 0.5) is 0 Å². The number of methoxy groups -OCH3 is 1. The molecule has 0 aliphatic rings. The van der Waals surface area contributed by atoms with Crippen LogP contribution in [0.1, 0.15) is 5.56 Å². The number of ether oxygens (including phenoxy) is 1. The van der Waals surface area contributed by atoms with Crippen molar-refractivity contribution in [3.8, 4) is 5.75 Å². The van der Waals surface area contributed by atoms with Gasteiger partial charge in [0.2, 0.25) is 4.96 Å². The Balaban J connectivity index is 2.49. The summed E-state index contributed by atoms with van der Waals surface area (Å²) in [5.74, 6) is 0.887. The van der Waals surface area contributed by atoms with E-state index >= 15 is 0 Å². The van der Waals surface area contributed by atoms with Gasteiger partial charge < -0.3 is 4.74 Å². The summed E-state index contributed by atoms with van der Waals surface area (Å²) in [7, 11) is 1.68. The molecule has 0 atom stereocenters. The zero-order valence-electron chi connectivity index (χ0n) is 8.39. The Kier molecular flexibility index (Phi) is 1.70. The first-order valence-corrected chi connectivity index (χ1v) is 5.38. The molecule has 0 bridgehead atoms. The lowest BCUT2D eigenvalue weighted by atomic mass is 10.2. The van der Waals surface area contributed by atoms with E-state index in [0.29, 0.717) is 0 Å². The predicted molar refractivity (Wildman–Crippen MR) is 59.7 cm³/mol. The molecule has 0 aliphatic heterocycles. The fraction of sp³-hybridized carbons (Fsp3) is 0.200. The van der Waals surface area contributed by atoms with Gasteiger partial charge in [0.1, 0.15) is 12.1 Å². The third-order valence-electron chi connectivity index (χ3n) is 2.43. The van der Waals surface area contributed by atoms with Crippen LogP contribution in [-0.4, -0.2) is 21.7 Å². The molecule has 0 amide bonds. The first-order valence-electron chi connectivity index (χ1n) is 4.56. The van der Waals surface area contributed by atoms with Crippen LogP contribution in [0.25, 0.3) is 15.2 Å². The fourth-order valence-electron chi connectivity index (χ4n) is 1.77. The lowest BCUT2D eigenvalue weighted by molar-refractivity contribution is 0.415. The van der Waals surface area contributed by atoms with Crippen LogP contribution in [0, 0.1) is 6.92 Å². The lowest BCUT2D eigenvalue weighted by Gasteiger charge is -2.02. The second kappa shape index (κ2) is 2.93. The molecule has 15 heavy (non-hydrogen) atoms. The van der Waals surface area contributed by atoms with Gasteiger partial charge in [0.25, 0.3) is 0 Å². The predicted octanol–water partition coefficient (Wildman–Crippen LogP) is 2.26. The fourth-order valence-corrected chi connectivity index (χ4v) is 2.82. The van der Waals surface area contributed by atoms with Crippen molar-refractivity contribution in [2.45, 2.75) is 6.92 Å². The molecule has 3 aromatic rings. The SMILES string of the molecule is COc1cc(C)c2c(c1)sc1nncn12. The van der Waals surface area contributed by atoms with Crippen LogP contribution in [0.2, 0.25) is 0 Å². The maximum atomic E-state index is 5.24. The van der Waals surface area contributed by atoms with Crippen molar-refractivity contribution in [1.29, 1.82) is 0 Å². The average molecular weight is 219 g/mol. The van der Waals surface area contributed by atoms with Gasteiger partial charge in [-0.05, 0) is 24.6 Å². The molecular formula is C10H9N3OS. The maximum absolute atomic E-state index is 5.24. The number of hydrogen-bond donors (Lipinski definition) is 0. The molecule has 0 unspecified atom stereocenters. The molecule has 2 aromatic heterocycles. The first-order chi connectivity index (χ1) is 7.29. The standard InChI is InChI=1S/C10H9N3OS/c1-6-3-7(14-2)4-8-9(6)13-5-11-12-10(13)15-8/h3-5H,1-2H3. The number of nitrogens with zero attached hydrogens (tertiary/aromatic N) is 3. The van der Waals surface area contributed by atoms with E-state index in [2.05, 4.69) is 17.1 Å². The van der Waals surface area contributed by atoms with Crippen LogP contribution < -0.4 is 4.74 Å². The zero-order chi connectivity index (χ0) is 10.4. The van der Waals surface area contributed by atoms with Gasteiger partial charge in [-0.2, -0.15) is 0 Å². The summed E-state index contributed by atoms with van der Waals surface area (Å²) in [5, 5.41) is 7.93. The summed E-state index contributed by atoms with van der Waals surface area (Å²) in [6, 6.07) is 4.05. The summed E-state index contributed by atoms with van der Waals surface area (Å²) >= 11 is 1.62. The van der Waals surface area contributed by atoms with E-state index in [1.807, 2.05) is 16.5 Å². The van der Waals surface area contributed by atoms with Crippen molar-refractivity contribution in [2.24, 2.45) is 0 Å². The van der Waals surface area contributed by atoms with Crippen molar-refractivity contribution in [2.75, 3.05) is 7.11 Å².